The van der Waals surface area contributed by atoms with E-state index in [2.05, 4.69) is 27.0 Å². The van der Waals surface area contributed by atoms with Crippen LogP contribution in [0.5, 0.6) is 0 Å². The van der Waals surface area contributed by atoms with Crippen LogP contribution >= 0.6 is 23.1 Å². The summed E-state index contributed by atoms with van der Waals surface area (Å²) < 4.78 is 12.0. The number of thioether (sulfide) groups is 1. The molecule has 2 rings (SSSR count). The van der Waals surface area contributed by atoms with Gasteiger partial charge >= 0.3 is 0 Å². The third-order valence-electron chi connectivity index (χ3n) is 2.27. The first-order valence-corrected chi connectivity index (χ1v) is 7.17. The molecule has 0 saturated heterocycles. The Morgan fingerprint density at radius 2 is 2.28 bits per heavy atom. The molecule has 0 radical (unpaired) electrons. The van der Waals surface area contributed by atoms with Crippen LogP contribution in [0.15, 0.2) is 22.7 Å². The summed E-state index contributed by atoms with van der Waals surface area (Å²) in [4.78, 5) is 1.30. The second kappa shape index (κ2) is 6.83. The highest BCUT2D eigenvalue weighted by Crippen LogP contribution is 2.22. The molecule has 0 amide bonds. The van der Waals surface area contributed by atoms with Gasteiger partial charge in [0.1, 0.15) is 0 Å². The predicted molar refractivity (Wildman–Crippen MR) is 69.5 cm³/mol. The zero-order valence-corrected chi connectivity index (χ0v) is 11.8. The van der Waals surface area contributed by atoms with Crippen LogP contribution < -0.4 is 0 Å². The molecule has 18 heavy (non-hydrogen) atoms. The Morgan fingerprint density at radius 3 is 2.94 bits per heavy atom. The standard InChI is InChI=1S/C10H14N4O2S2/c1-15-9(16-2)6-14-10(11-12-13-14)18-7-8-4-3-5-17-8/h3-5,9H,6-7H2,1-2H3. The first-order chi connectivity index (χ1) is 8.83. The molecule has 0 bridgehead atoms. The minimum absolute atomic E-state index is 0.338. The van der Waals surface area contributed by atoms with Crippen molar-refractivity contribution in [1.29, 1.82) is 0 Å². The fourth-order valence-electron chi connectivity index (χ4n) is 1.33. The van der Waals surface area contributed by atoms with E-state index in [-0.39, 0.29) is 6.29 Å². The minimum atomic E-state index is -0.338. The molecule has 0 aromatic carbocycles. The summed E-state index contributed by atoms with van der Waals surface area (Å²) in [7, 11) is 3.19. The normalized spacial score (nSPS) is 11.3. The van der Waals surface area contributed by atoms with Crippen LogP contribution in [0, 0.1) is 0 Å². The van der Waals surface area contributed by atoms with Gasteiger partial charge in [-0.2, -0.15) is 0 Å². The number of thiophene rings is 1. The van der Waals surface area contributed by atoms with E-state index in [1.54, 1.807) is 42.0 Å². The zero-order chi connectivity index (χ0) is 12.8. The Kier molecular flexibility index (Phi) is 5.12. The molecule has 0 aliphatic heterocycles. The summed E-state index contributed by atoms with van der Waals surface area (Å²) in [5.41, 5.74) is 0. The Bertz CT molecular complexity index is 456. The van der Waals surface area contributed by atoms with Crippen LogP contribution in [0.25, 0.3) is 0 Å². The van der Waals surface area contributed by atoms with Crippen molar-refractivity contribution in [3.8, 4) is 0 Å². The van der Waals surface area contributed by atoms with E-state index < -0.39 is 0 Å². The molecular formula is C10H14N4O2S2. The van der Waals surface area contributed by atoms with Gasteiger partial charge in [-0.15, -0.1) is 16.4 Å². The van der Waals surface area contributed by atoms with Crippen molar-refractivity contribution in [2.24, 2.45) is 0 Å². The van der Waals surface area contributed by atoms with E-state index in [1.165, 1.54) is 4.88 Å². The first kappa shape index (κ1) is 13.5. The second-order valence-corrected chi connectivity index (χ2v) is 5.39. The van der Waals surface area contributed by atoms with E-state index in [0.29, 0.717) is 6.54 Å². The van der Waals surface area contributed by atoms with Crippen LogP contribution in [0.4, 0.5) is 0 Å². The summed E-state index contributed by atoms with van der Waals surface area (Å²) in [6.07, 6.45) is -0.338. The summed E-state index contributed by atoms with van der Waals surface area (Å²) in [6.45, 7) is 0.479. The van der Waals surface area contributed by atoms with Crippen LogP contribution in [0.2, 0.25) is 0 Å². The van der Waals surface area contributed by atoms with Gasteiger partial charge in [0.05, 0.1) is 6.54 Å². The highest BCUT2D eigenvalue weighted by Gasteiger charge is 2.13. The van der Waals surface area contributed by atoms with E-state index >= 15 is 0 Å². The lowest BCUT2D eigenvalue weighted by Gasteiger charge is -2.13. The Balaban J connectivity index is 1.94. The average Bonchev–Trinajstić information content (AvgIpc) is 3.04. The lowest BCUT2D eigenvalue weighted by Crippen LogP contribution is -2.21. The number of hydrogen-bond donors (Lipinski definition) is 0. The van der Waals surface area contributed by atoms with E-state index in [0.717, 1.165) is 10.9 Å². The summed E-state index contributed by atoms with van der Waals surface area (Å²) >= 11 is 3.33. The molecule has 0 aliphatic rings. The van der Waals surface area contributed by atoms with Crippen LogP contribution in [0.1, 0.15) is 4.88 Å². The molecule has 0 fully saturated rings. The number of hydrogen-bond acceptors (Lipinski definition) is 7. The molecule has 6 nitrogen and oxygen atoms in total. The molecule has 0 spiro atoms. The molecule has 0 saturated carbocycles. The maximum atomic E-state index is 5.13. The Morgan fingerprint density at radius 1 is 1.44 bits per heavy atom. The predicted octanol–water partition coefficient (Wildman–Crippen LogP) is 1.65. The largest absolute Gasteiger partial charge is 0.354 e. The lowest BCUT2D eigenvalue weighted by molar-refractivity contribution is -0.113. The molecule has 0 atom stereocenters. The van der Waals surface area contributed by atoms with Crippen molar-refractivity contribution in [1.82, 2.24) is 20.2 Å². The fraction of sp³-hybridized carbons (Fsp3) is 0.500. The van der Waals surface area contributed by atoms with Crippen molar-refractivity contribution >= 4 is 23.1 Å². The SMILES string of the molecule is COC(Cn1nnnc1SCc1cccs1)OC. The van der Waals surface area contributed by atoms with Crippen molar-refractivity contribution in [2.75, 3.05) is 14.2 Å². The topological polar surface area (TPSA) is 62.1 Å². The minimum Gasteiger partial charge on any atom is -0.354 e. The molecule has 0 N–H and O–H groups in total. The molecule has 98 valence electrons. The van der Waals surface area contributed by atoms with Crippen LogP contribution in [-0.4, -0.2) is 40.7 Å². The number of rotatable bonds is 7. The van der Waals surface area contributed by atoms with Crippen molar-refractivity contribution < 1.29 is 9.47 Å². The molecule has 0 unspecified atom stereocenters. The lowest BCUT2D eigenvalue weighted by atomic mass is 10.5. The highest BCUT2D eigenvalue weighted by atomic mass is 32.2. The van der Waals surface area contributed by atoms with E-state index in [4.69, 9.17) is 9.47 Å². The van der Waals surface area contributed by atoms with Crippen LogP contribution in [0.3, 0.4) is 0 Å². The molecule has 0 aliphatic carbocycles. The number of ether oxygens (including phenoxy) is 2. The Labute approximate surface area is 113 Å². The number of nitrogens with zero attached hydrogens (tertiary/aromatic N) is 4. The average molecular weight is 286 g/mol. The van der Waals surface area contributed by atoms with Gasteiger partial charge in [0.25, 0.3) is 0 Å². The maximum Gasteiger partial charge on any atom is 0.209 e. The fourth-order valence-corrected chi connectivity index (χ4v) is 2.99. The Hall–Kier alpha value is -0.960. The van der Waals surface area contributed by atoms with Crippen molar-refractivity contribution in [2.45, 2.75) is 23.7 Å². The van der Waals surface area contributed by atoms with Gasteiger partial charge in [0.2, 0.25) is 5.16 Å². The van der Waals surface area contributed by atoms with Gasteiger partial charge in [0, 0.05) is 24.8 Å². The van der Waals surface area contributed by atoms with Crippen molar-refractivity contribution in [3.63, 3.8) is 0 Å². The van der Waals surface area contributed by atoms with Crippen molar-refractivity contribution in [3.05, 3.63) is 22.4 Å². The second-order valence-electron chi connectivity index (χ2n) is 3.41. The van der Waals surface area contributed by atoms with Gasteiger partial charge < -0.3 is 9.47 Å². The monoisotopic (exact) mass is 286 g/mol. The smallest absolute Gasteiger partial charge is 0.209 e. The highest BCUT2D eigenvalue weighted by molar-refractivity contribution is 7.98. The number of methoxy groups -OCH3 is 2. The summed E-state index contributed by atoms with van der Waals surface area (Å²) in [5, 5.41) is 14.4. The van der Waals surface area contributed by atoms with Gasteiger partial charge in [-0.1, -0.05) is 17.8 Å². The number of aromatic nitrogens is 4. The maximum absolute atomic E-state index is 5.13. The quantitative estimate of drug-likeness (QED) is 0.569. The molecule has 2 aromatic heterocycles. The van der Waals surface area contributed by atoms with Gasteiger partial charge in [0.15, 0.2) is 6.29 Å². The molecule has 2 aromatic rings. The first-order valence-electron chi connectivity index (χ1n) is 5.30. The summed E-state index contributed by atoms with van der Waals surface area (Å²) in [5.74, 6) is 0.864. The molecule has 2 heterocycles. The third kappa shape index (κ3) is 3.52. The summed E-state index contributed by atoms with van der Waals surface area (Å²) in [6, 6.07) is 4.13. The van der Waals surface area contributed by atoms with Gasteiger partial charge in [-0.05, 0) is 21.9 Å². The molecular weight excluding hydrogens is 272 g/mol. The van der Waals surface area contributed by atoms with Gasteiger partial charge in [-0.25, -0.2) is 4.68 Å². The van der Waals surface area contributed by atoms with E-state index in [1.807, 2.05) is 6.07 Å². The molecule has 8 heteroatoms. The van der Waals surface area contributed by atoms with E-state index in [9.17, 15) is 0 Å². The van der Waals surface area contributed by atoms with Crippen LogP contribution in [-0.2, 0) is 21.8 Å². The van der Waals surface area contributed by atoms with Gasteiger partial charge in [-0.3, -0.25) is 0 Å². The number of tetrazole rings is 1. The zero-order valence-electron chi connectivity index (χ0n) is 10.1. The third-order valence-corrected chi connectivity index (χ3v) is 4.34.